The van der Waals surface area contributed by atoms with Crippen molar-refractivity contribution < 1.29 is 145 Å². The third-order valence-electron chi connectivity index (χ3n) is 12.8. The van der Waals surface area contributed by atoms with E-state index in [1.165, 1.54) is 42.5 Å². The largest absolute Gasteiger partial charge is 0.479 e. The van der Waals surface area contributed by atoms with Gasteiger partial charge in [-0.25, -0.2) is 9.59 Å². The second kappa shape index (κ2) is 27.7. The summed E-state index contributed by atoms with van der Waals surface area (Å²) in [4.78, 5) is 62.9. The highest BCUT2D eigenvalue weighted by Crippen LogP contribution is 2.39. The number of nitrogens with two attached hydrogens (primary N) is 1. The van der Waals surface area contributed by atoms with Gasteiger partial charge in [0.25, 0.3) is 0 Å². The molecule has 5 saturated heterocycles. The van der Waals surface area contributed by atoms with Crippen molar-refractivity contribution in [2.24, 2.45) is 5.73 Å². The number of carboxylic acids is 2. The average molecular weight is 1080 g/mol. The van der Waals surface area contributed by atoms with Crippen LogP contribution in [-0.4, -0.2) is 284 Å². The molecule has 0 spiro atoms. The standard InChI is InChI=1S/C43H69NO30/c1-14(46)63-12-18-25(56-4)27(57-5)20(44)39(67-18)71-31-29(58-6)36(61-9)43(74-33(31)37(52)53)70-26-19(13-64-15(2)47)68-41(23(51)28(26)65-16(3)48)72-32-30(59-7)35(60-8)42(73-34(32)38(54)55)69-24-17(11-45)66-40(62-10)22(50)21(24)49/h17-36,39-43,45,49-51H,11-13,44H2,1-10H3,(H,52,53)(H,54,55)/t17?,18?,19-,20?,21+,22?,23?,24+,25?,26+,27+,28?,29-,30?,31-,32-,33?,34+,35?,36?,39-,40-,41+,42-,43+/m0/s1. The Bertz CT molecular complexity index is 1830. The van der Waals surface area contributed by atoms with Crippen LogP contribution >= 0.6 is 0 Å². The number of aliphatic hydroxyl groups excluding tert-OH is 4. The Kier molecular flexibility index (Phi) is 23.0. The van der Waals surface area contributed by atoms with E-state index >= 15 is 0 Å². The second-order valence-corrected chi connectivity index (χ2v) is 17.4. The number of rotatable bonds is 23. The number of carbonyl (C=O) groups is 5. The summed E-state index contributed by atoms with van der Waals surface area (Å²) in [6.07, 6.45) is -38.6. The van der Waals surface area contributed by atoms with Gasteiger partial charge in [-0.05, 0) is 0 Å². The van der Waals surface area contributed by atoms with E-state index in [1.54, 1.807) is 0 Å². The molecule has 0 amide bonds. The van der Waals surface area contributed by atoms with Crippen LogP contribution < -0.4 is 5.73 Å². The van der Waals surface area contributed by atoms with Crippen LogP contribution in [0.3, 0.4) is 0 Å². The minimum absolute atomic E-state index is 0.338. The van der Waals surface area contributed by atoms with Crippen LogP contribution in [0, 0.1) is 0 Å². The molecule has 74 heavy (non-hydrogen) atoms. The number of ether oxygens (including phenoxy) is 19. The Morgan fingerprint density at radius 2 is 0.838 bits per heavy atom. The number of aliphatic hydroxyl groups is 4. The summed E-state index contributed by atoms with van der Waals surface area (Å²) in [5.74, 6) is -5.85. The second-order valence-electron chi connectivity index (χ2n) is 17.4. The van der Waals surface area contributed by atoms with Crippen molar-refractivity contribution in [2.45, 2.75) is 174 Å². The highest BCUT2D eigenvalue weighted by molar-refractivity contribution is 5.74. The first kappa shape index (κ1) is 61.4. The molecule has 426 valence electrons. The zero-order valence-corrected chi connectivity index (χ0v) is 42.1. The lowest BCUT2D eigenvalue weighted by Crippen LogP contribution is -2.69. The number of hydrogen-bond acceptors (Lipinski definition) is 29. The summed E-state index contributed by atoms with van der Waals surface area (Å²) in [7, 11) is 8.54. The van der Waals surface area contributed by atoms with E-state index < -0.39 is 197 Å². The number of carboxylic acid groups (broad SMARTS) is 2. The van der Waals surface area contributed by atoms with Crippen LogP contribution in [0.5, 0.6) is 0 Å². The van der Waals surface area contributed by atoms with E-state index in [4.69, 9.17) is 95.7 Å². The smallest absolute Gasteiger partial charge is 0.335 e. The maximum atomic E-state index is 13.1. The third-order valence-corrected chi connectivity index (χ3v) is 12.8. The van der Waals surface area contributed by atoms with Crippen molar-refractivity contribution in [1.29, 1.82) is 0 Å². The van der Waals surface area contributed by atoms with Crippen molar-refractivity contribution in [3.8, 4) is 0 Å². The molecule has 25 atom stereocenters. The summed E-state index contributed by atoms with van der Waals surface area (Å²) >= 11 is 0. The van der Waals surface area contributed by atoms with Gasteiger partial charge in [0, 0.05) is 70.5 Å². The van der Waals surface area contributed by atoms with Gasteiger partial charge in [0.05, 0.1) is 12.6 Å². The molecule has 5 aliphatic heterocycles. The van der Waals surface area contributed by atoms with Crippen LogP contribution in [0.1, 0.15) is 20.8 Å². The van der Waals surface area contributed by atoms with Crippen molar-refractivity contribution in [3.63, 3.8) is 0 Å². The quantitative estimate of drug-likeness (QED) is 0.0371. The zero-order chi connectivity index (χ0) is 54.9. The molecule has 8 N–H and O–H groups in total. The lowest BCUT2D eigenvalue weighted by atomic mass is 9.94. The van der Waals surface area contributed by atoms with Gasteiger partial charge >= 0.3 is 29.8 Å². The summed E-state index contributed by atoms with van der Waals surface area (Å²) in [5, 5.41) is 64.8. The van der Waals surface area contributed by atoms with Gasteiger partial charge in [0.2, 0.25) is 0 Å². The molecule has 0 radical (unpaired) electrons. The van der Waals surface area contributed by atoms with E-state index in [9.17, 15) is 54.6 Å². The van der Waals surface area contributed by atoms with Crippen molar-refractivity contribution in [2.75, 3.05) is 69.6 Å². The SMILES string of the molecule is COC1C(OC)[C@H](O[C@H]2O[C@@H](COC(C)=O)[C@@H](O[C@@H]3OC(C(=O)O)[C@@H](O[C@@H]4OC(COC(C)=O)C(OC)[C@H](OC)C4N)[C@H](OC)C3OC)C(OC(C)=O)C2O)[C@H](C(=O)O)O[C@@H]1O[C@@H]1C(CO)O[C@H](OC)C(O)[C@H]1O. The molecule has 0 saturated carbocycles. The van der Waals surface area contributed by atoms with Gasteiger partial charge in [0.15, 0.2) is 49.8 Å². The maximum Gasteiger partial charge on any atom is 0.335 e. The highest BCUT2D eigenvalue weighted by atomic mass is 16.8. The van der Waals surface area contributed by atoms with Crippen molar-refractivity contribution in [1.82, 2.24) is 0 Å². The first-order chi connectivity index (χ1) is 35.1. The van der Waals surface area contributed by atoms with E-state index in [-0.39, 0.29) is 6.61 Å². The Hall–Kier alpha value is -3.49. The Morgan fingerprint density at radius 1 is 0.419 bits per heavy atom. The molecule has 5 aliphatic rings. The Labute approximate surface area is 423 Å². The van der Waals surface area contributed by atoms with Crippen LogP contribution in [0.15, 0.2) is 0 Å². The molecule has 0 aromatic carbocycles. The van der Waals surface area contributed by atoms with Crippen LogP contribution in [0.25, 0.3) is 0 Å². The predicted octanol–water partition coefficient (Wildman–Crippen LogP) is -5.48. The van der Waals surface area contributed by atoms with Gasteiger partial charge in [-0.15, -0.1) is 0 Å². The van der Waals surface area contributed by atoms with Crippen molar-refractivity contribution in [3.05, 3.63) is 0 Å². The highest BCUT2D eigenvalue weighted by Gasteiger charge is 2.60. The molecule has 5 heterocycles. The molecule has 5 rings (SSSR count). The average Bonchev–Trinajstić information content (AvgIpc) is 3.36. The van der Waals surface area contributed by atoms with Crippen LogP contribution in [-0.2, 0) is 114 Å². The van der Waals surface area contributed by atoms with Crippen molar-refractivity contribution >= 4 is 29.8 Å². The molecule has 31 nitrogen and oxygen atoms in total. The molecule has 0 aliphatic carbocycles. The van der Waals surface area contributed by atoms with E-state index in [0.717, 1.165) is 28.1 Å². The van der Waals surface area contributed by atoms with E-state index in [2.05, 4.69) is 0 Å². The monoisotopic (exact) mass is 1080 g/mol. The fourth-order valence-electron chi connectivity index (χ4n) is 9.39. The van der Waals surface area contributed by atoms with Gasteiger partial charge < -0.3 is 126 Å². The predicted molar refractivity (Wildman–Crippen MR) is 232 cm³/mol. The van der Waals surface area contributed by atoms with Gasteiger partial charge in [-0.2, -0.15) is 0 Å². The molecule has 31 heteroatoms. The number of aliphatic carboxylic acids is 2. The van der Waals surface area contributed by atoms with Gasteiger partial charge in [-0.3, -0.25) is 14.4 Å². The van der Waals surface area contributed by atoms with Crippen LogP contribution in [0.2, 0.25) is 0 Å². The van der Waals surface area contributed by atoms with Gasteiger partial charge in [0.1, 0.15) is 111 Å². The summed E-state index contributed by atoms with van der Waals surface area (Å²) < 4.78 is 109. The van der Waals surface area contributed by atoms with Gasteiger partial charge in [-0.1, -0.05) is 0 Å². The van der Waals surface area contributed by atoms with E-state index in [0.29, 0.717) is 0 Å². The molecule has 0 bridgehead atoms. The number of hydrogen-bond donors (Lipinski definition) is 7. The minimum Gasteiger partial charge on any atom is -0.479 e. The molecular weight excluding hydrogens is 1010 g/mol. The first-order valence-corrected chi connectivity index (χ1v) is 23.0. The maximum absolute atomic E-state index is 13.1. The molecule has 5 fully saturated rings. The molecular formula is C43H69NO30. The normalized spacial score (nSPS) is 42.7. The fraction of sp³-hybridized carbons (Fsp3) is 0.884. The molecule has 0 aromatic heterocycles. The molecule has 11 unspecified atom stereocenters. The third kappa shape index (κ3) is 13.8. The number of methoxy groups -OCH3 is 7. The number of esters is 3. The number of carbonyl (C=O) groups excluding carboxylic acids is 3. The fourth-order valence-corrected chi connectivity index (χ4v) is 9.39. The summed E-state index contributed by atoms with van der Waals surface area (Å²) in [5.41, 5.74) is 6.52. The minimum atomic E-state index is -2.14. The zero-order valence-electron chi connectivity index (χ0n) is 42.1. The van der Waals surface area contributed by atoms with E-state index in [1.807, 2.05) is 0 Å². The summed E-state index contributed by atoms with van der Waals surface area (Å²) in [6, 6.07) is -1.16. The van der Waals surface area contributed by atoms with Crippen LogP contribution in [0.4, 0.5) is 0 Å². The molecule has 0 aromatic rings. The first-order valence-electron chi connectivity index (χ1n) is 23.0. The lowest BCUT2D eigenvalue weighted by Gasteiger charge is -2.51. The Balaban J connectivity index is 1.45. The summed E-state index contributed by atoms with van der Waals surface area (Å²) in [6.45, 7) is 1.34. The Morgan fingerprint density at radius 3 is 1.26 bits per heavy atom. The lowest BCUT2D eigenvalue weighted by molar-refractivity contribution is -0.389. The topological polar surface area (TPSA) is 408 Å².